The maximum absolute atomic E-state index is 11.7. The lowest BCUT2D eigenvalue weighted by Gasteiger charge is -2.16. The Morgan fingerprint density at radius 2 is 2.27 bits per heavy atom. The molecule has 5 heteroatoms. The molecule has 1 unspecified atom stereocenters. The van der Waals surface area contributed by atoms with E-state index in [4.69, 9.17) is 16.3 Å². The third kappa shape index (κ3) is 1.48. The van der Waals surface area contributed by atoms with Gasteiger partial charge in [-0.2, -0.15) is 0 Å². The van der Waals surface area contributed by atoms with Crippen molar-refractivity contribution < 1.29 is 9.53 Å². The molecule has 0 radical (unpaired) electrons. The number of methoxy groups -OCH3 is 1. The fraction of sp³-hybridized carbons (Fsp3) is 0.300. The summed E-state index contributed by atoms with van der Waals surface area (Å²) < 4.78 is 4.08. The van der Waals surface area contributed by atoms with Gasteiger partial charge < -0.3 is 10.1 Å². The Balaban J connectivity index is 2.56. The quantitative estimate of drug-likeness (QED) is 0.811. The Labute approximate surface area is 97.1 Å². The molecule has 1 N–H and O–H groups in total. The molecule has 0 bridgehead atoms. The number of amides is 1. The van der Waals surface area contributed by atoms with E-state index in [1.807, 2.05) is 0 Å². The van der Waals surface area contributed by atoms with E-state index in [0.29, 0.717) is 5.75 Å². The average Bonchev–Trinajstić information content (AvgIpc) is 2.52. The predicted octanol–water partition coefficient (Wildman–Crippen LogP) is 2.40. The van der Waals surface area contributed by atoms with E-state index < -0.39 is 4.21 Å². The second kappa shape index (κ2) is 3.61. The Bertz CT molecular complexity index is 424. The number of anilines is 1. The molecule has 1 aliphatic heterocycles. The van der Waals surface area contributed by atoms with Crippen LogP contribution in [0.3, 0.4) is 0 Å². The van der Waals surface area contributed by atoms with Crippen LogP contribution in [0.4, 0.5) is 5.69 Å². The van der Waals surface area contributed by atoms with Crippen LogP contribution < -0.4 is 10.1 Å². The second-order valence-electron chi connectivity index (χ2n) is 3.17. The highest BCUT2D eigenvalue weighted by Crippen LogP contribution is 2.48. The summed E-state index contributed by atoms with van der Waals surface area (Å²) in [7, 11) is 1.58. The van der Waals surface area contributed by atoms with Gasteiger partial charge in [-0.25, -0.2) is 0 Å². The highest BCUT2D eigenvalue weighted by atomic mass is 35.5. The van der Waals surface area contributed by atoms with Crippen LogP contribution >= 0.6 is 23.4 Å². The van der Waals surface area contributed by atoms with Crippen molar-refractivity contribution in [2.75, 3.05) is 18.7 Å². The fourth-order valence-electron chi connectivity index (χ4n) is 1.55. The van der Waals surface area contributed by atoms with Gasteiger partial charge in [-0.15, -0.1) is 11.8 Å². The molecule has 0 saturated carbocycles. The minimum atomic E-state index is -1.02. The SMILES string of the molecule is COc1ccc2c(c1)C(Cl)(SC)C(=O)N2. The predicted molar refractivity (Wildman–Crippen MR) is 62.7 cm³/mol. The second-order valence-corrected chi connectivity index (χ2v) is 4.98. The largest absolute Gasteiger partial charge is 0.497 e. The summed E-state index contributed by atoms with van der Waals surface area (Å²) >= 11 is 7.56. The zero-order valence-corrected chi connectivity index (χ0v) is 9.91. The molecule has 1 aliphatic rings. The molecule has 0 spiro atoms. The lowest BCUT2D eigenvalue weighted by atomic mass is 10.1. The fourth-order valence-corrected chi connectivity index (χ4v) is 2.38. The first-order chi connectivity index (χ1) is 7.11. The van der Waals surface area contributed by atoms with Crippen molar-refractivity contribution >= 4 is 35.0 Å². The number of fused-ring (bicyclic) bond motifs is 1. The summed E-state index contributed by atoms with van der Waals surface area (Å²) in [5.74, 6) is 0.504. The van der Waals surface area contributed by atoms with Gasteiger partial charge in [0.1, 0.15) is 5.75 Å². The monoisotopic (exact) mass is 243 g/mol. The van der Waals surface area contributed by atoms with Crippen molar-refractivity contribution in [2.45, 2.75) is 4.21 Å². The lowest BCUT2D eigenvalue weighted by molar-refractivity contribution is -0.116. The van der Waals surface area contributed by atoms with E-state index >= 15 is 0 Å². The number of nitrogens with one attached hydrogen (secondary N) is 1. The third-order valence-electron chi connectivity index (χ3n) is 2.39. The summed E-state index contributed by atoms with van der Waals surface area (Å²) in [5, 5.41) is 2.74. The normalized spacial score (nSPS) is 23.5. The highest BCUT2D eigenvalue weighted by molar-refractivity contribution is 8.01. The van der Waals surface area contributed by atoms with E-state index in [-0.39, 0.29) is 5.91 Å². The number of halogens is 1. The van der Waals surface area contributed by atoms with Crippen LogP contribution in [0.25, 0.3) is 0 Å². The summed E-state index contributed by atoms with van der Waals surface area (Å²) in [6.45, 7) is 0. The van der Waals surface area contributed by atoms with Crippen LogP contribution in [0, 0.1) is 0 Å². The van der Waals surface area contributed by atoms with E-state index in [1.165, 1.54) is 11.8 Å². The molecule has 0 saturated heterocycles. The van der Waals surface area contributed by atoms with Gasteiger partial charge in [0.2, 0.25) is 0 Å². The number of benzene rings is 1. The Morgan fingerprint density at radius 3 is 2.87 bits per heavy atom. The van der Waals surface area contributed by atoms with Crippen molar-refractivity contribution in [3.63, 3.8) is 0 Å². The molecule has 0 aromatic heterocycles. The molecule has 1 atom stereocenters. The van der Waals surface area contributed by atoms with Gasteiger partial charge in [-0.1, -0.05) is 11.6 Å². The molecular formula is C10H10ClNO2S. The number of ether oxygens (including phenoxy) is 1. The molecule has 0 fully saturated rings. The van der Waals surface area contributed by atoms with E-state index in [1.54, 1.807) is 31.6 Å². The van der Waals surface area contributed by atoms with E-state index in [2.05, 4.69) is 5.32 Å². The van der Waals surface area contributed by atoms with Crippen LogP contribution in [0.1, 0.15) is 5.56 Å². The summed E-state index contributed by atoms with van der Waals surface area (Å²) in [5.41, 5.74) is 1.52. The van der Waals surface area contributed by atoms with Crippen molar-refractivity contribution in [1.82, 2.24) is 0 Å². The zero-order valence-electron chi connectivity index (χ0n) is 8.33. The molecule has 0 aliphatic carbocycles. The van der Waals surface area contributed by atoms with Gasteiger partial charge in [0.15, 0.2) is 4.21 Å². The molecule has 3 nitrogen and oxygen atoms in total. The lowest BCUT2D eigenvalue weighted by Crippen LogP contribution is -2.24. The number of thioether (sulfide) groups is 1. The topological polar surface area (TPSA) is 38.3 Å². The summed E-state index contributed by atoms with van der Waals surface area (Å²) in [6.07, 6.45) is 1.81. The van der Waals surface area contributed by atoms with Gasteiger partial charge in [-0.3, -0.25) is 4.79 Å². The van der Waals surface area contributed by atoms with Crippen molar-refractivity contribution in [3.8, 4) is 5.75 Å². The molecule has 1 aromatic carbocycles. The van der Waals surface area contributed by atoms with Gasteiger partial charge >= 0.3 is 0 Å². The number of hydrogen-bond acceptors (Lipinski definition) is 3. The minimum Gasteiger partial charge on any atom is -0.497 e. The van der Waals surface area contributed by atoms with Crippen molar-refractivity contribution in [1.29, 1.82) is 0 Å². The standard InChI is InChI=1S/C10H10ClNO2S/c1-14-6-3-4-8-7(5-6)10(11,15-2)9(13)12-8/h3-5H,1-2H3,(H,12,13). The molecular weight excluding hydrogens is 234 g/mol. The van der Waals surface area contributed by atoms with Crippen LogP contribution in [-0.2, 0) is 9.00 Å². The van der Waals surface area contributed by atoms with Crippen LogP contribution in [0.5, 0.6) is 5.75 Å². The maximum Gasteiger partial charge on any atom is 0.260 e. The zero-order chi connectivity index (χ0) is 11.1. The Hall–Kier alpha value is -0.870. The Kier molecular flexibility index (Phi) is 2.56. The first-order valence-corrected chi connectivity index (χ1v) is 5.96. The number of alkyl halides is 1. The Morgan fingerprint density at radius 1 is 1.53 bits per heavy atom. The third-order valence-corrected chi connectivity index (χ3v) is 4.20. The first-order valence-electron chi connectivity index (χ1n) is 4.36. The first kappa shape index (κ1) is 10.6. The molecule has 80 valence electrons. The van der Waals surface area contributed by atoms with E-state index in [0.717, 1.165) is 11.3 Å². The average molecular weight is 244 g/mol. The highest BCUT2D eigenvalue weighted by Gasteiger charge is 2.45. The van der Waals surface area contributed by atoms with Crippen LogP contribution in [-0.4, -0.2) is 19.3 Å². The maximum atomic E-state index is 11.7. The van der Waals surface area contributed by atoms with Gasteiger partial charge in [0, 0.05) is 11.3 Å². The minimum absolute atomic E-state index is 0.195. The summed E-state index contributed by atoms with van der Waals surface area (Å²) in [6, 6.07) is 5.38. The van der Waals surface area contributed by atoms with Gasteiger partial charge in [0.25, 0.3) is 5.91 Å². The van der Waals surface area contributed by atoms with Gasteiger partial charge in [-0.05, 0) is 24.5 Å². The summed E-state index contributed by atoms with van der Waals surface area (Å²) in [4.78, 5) is 11.7. The molecule has 2 rings (SSSR count). The van der Waals surface area contributed by atoms with Crippen LogP contribution in [0.15, 0.2) is 18.2 Å². The number of rotatable bonds is 2. The van der Waals surface area contributed by atoms with Crippen molar-refractivity contribution in [3.05, 3.63) is 23.8 Å². The number of carbonyl (C=O) groups is 1. The molecule has 15 heavy (non-hydrogen) atoms. The molecule has 1 amide bonds. The van der Waals surface area contributed by atoms with Crippen molar-refractivity contribution in [2.24, 2.45) is 0 Å². The molecule has 1 aromatic rings. The molecule has 1 heterocycles. The number of carbonyl (C=O) groups excluding carboxylic acids is 1. The van der Waals surface area contributed by atoms with E-state index in [9.17, 15) is 4.79 Å². The smallest absolute Gasteiger partial charge is 0.260 e. The number of hydrogen-bond donors (Lipinski definition) is 1. The van der Waals surface area contributed by atoms with Crippen LogP contribution in [0.2, 0.25) is 0 Å². The van der Waals surface area contributed by atoms with Gasteiger partial charge in [0.05, 0.1) is 7.11 Å².